The van der Waals surface area contributed by atoms with Crippen molar-refractivity contribution in [1.82, 2.24) is 14.5 Å². The van der Waals surface area contributed by atoms with Crippen LogP contribution >= 0.6 is 0 Å². The van der Waals surface area contributed by atoms with Crippen molar-refractivity contribution in [2.75, 3.05) is 19.7 Å². The summed E-state index contributed by atoms with van der Waals surface area (Å²) >= 11 is 0. The zero-order valence-corrected chi connectivity index (χ0v) is 18.0. The van der Waals surface area contributed by atoms with Crippen LogP contribution in [0.15, 0.2) is 29.1 Å². The number of rotatable bonds is 9. The van der Waals surface area contributed by atoms with Gasteiger partial charge in [-0.15, -0.1) is 0 Å². The summed E-state index contributed by atoms with van der Waals surface area (Å²) in [5, 5.41) is 9.30. The molecule has 1 aromatic carbocycles. The summed E-state index contributed by atoms with van der Waals surface area (Å²) in [5.74, 6) is -0.148. The van der Waals surface area contributed by atoms with E-state index in [1.165, 1.54) is 16.7 Å². The molecule has 0 aliphatic rings. The molecule has 0 saturated heterocycles. The average molecular weight is 439 g/mol. The van der Waals surface area contributed by atoms with Crippen LogP contribution in [0.4, 0.5) is 13.2 Å². The highest BCUT2D eigenvalue weighted by atomic mass is 19.4. The molecule has 0 unspecified atom stereocenters. The van der Waals surface area contributed by atoms with Gasteiger partial charge < -0.3 is 10.0 Å². The van der Waals surface area contributed by atoms with E-state index in [9.17, 15) is 27.9 Å². The van der Waals surface area contributed by atoms with Crippen molar-refractivity contribution in [3.63, 3.8) is 0 Å². The fraction of sp³-hybridized carbons (Fsp3) is 0.500. The number of hydrogen-bond acceptors (Lipinski definition) is 4. The maximum absolute atomic E-state index is 13.1. The van der Waals surface area contributed by atoms with Crippen LogP contribution in [0.2, 0.25) is 0 Å². The Morgan fingerprint density at radius 3 is 2.35 bits per heavy atom. The third kappa shape index (κ3) is 5.94. The van der Waals surface area contributed by atoms with Crippen LogP contribution in [0.3, 0.4) is 0 Å². The molecule has 1 aromatic heterocycles. The molecule has 0 aliphatic carbocycles. The number of aliphatic hydroxyl groups excluding tert-OH is 1. The Morgan fingerprint density at radius 1 is 1.19 bits per heavy atom. The van der Waals surface area contributed by atoms with E-state index in [0.717, 1.165) is 25.0 Å². The van der Waals surface area contributed by atoms with Crippen molar-refractivity contribution in [2.24, 2.45) is 0 Å². The molecule has 1 N–H and O–H groups in total. The number of carbonyl (C=O) groups excluding carboxylic acids is 1. The molecule has 9 heteroatoms. The monoisotopic (exact) mass is 439 g/mol. The number of alkyl halides is 3. The Morgan fingerprint density at radius 2 is 1.84 bits per heavy atom. The van der Waals surface area contributed by atoms with E-state index in [1.54, 1.807) is 11.8 Å². The number of aryl methyl sites for hydroxylation is 1. The number of nitrogens with zero attached hydrogens (tertiary/aromatic N) is 3. The molecule has 0 bridgehead atoms. The summed E-state index contributed by atoms with van der Waals surface area (Å²) in [6, 6.07) is 4.32. The summed E-state index contributed by atoms with van der Waals surface area (Å²) in [6.07, 6.45) is -2.68. The molecule has 6 nitrogen and oxygen atoms in total. The SMILES string of the molecule is CCCCN(CC)C(=O)Cn1c(-c2ccc(C(F)(F)F)cc2)nc(C)c(CCO)c1=O. The predicted octanol–water partition coefficient (Wildman–Crippen LogP) is 3.42. The van der Waals surface area contributed by atoms with Gasteiger partial charge in [0.25, 0.3) is 5.56 Å². The van der Waals surface area contributed by atoms with Gasteiger partial charge in [-0.05, 0) is 32.4 Å². The fourth-order valence-corrected chi connectivity index (χ4v) is 3.32. The highest BCUT2D eigenvalue weighted by Gasteiger charge is 2.30. The molecule has 0 spiro atoms. The molecule has 0 saturated carbocycles. The van der Waals surface area contributed by atoms with Crippen molar-refractivity contribution >= 4 is 5.91 Å². The molecule has 0 atom stereocenters. The summed E-state index contributed by atoms with van der Waals surface area (Å²) in [5.41, 5.74) is -0.338. The lowest BCUT2D eigenvalue weighted by Crippen LogP contribution is -2.39. The zero-order valence-electron chi connectivity index (χ0n) is 18.0. The Bertz CT molecular complexity index is 953. The third-order valence-electron chi connectivity index (χ3n) is 5.11. The van der Waals surface area contributed by atoms with Crippen LogP contribution in [0.1, 0.15) is 43.5 Å². The Hall–Kier alpha value is -2.68. The predicted molar refractivity (Wildman–Crippen MR) is 112 cm³/mol. The first-order valence-electron chi connectivity index (χ1n) is 10.3. The summed E-state index contributed by atoms with van der Waals surface area (Å²) < 4.78 is 40.0. The van der Waals surface area contributed by atoms with Gasteiger partial charge in [0.15, 0.2) is 0 Å². The van der Waals surface area contributed by atoms with E-state index in [2.05, 4.69) is 4.98 Å². The van der Waals surface area contributed by atoms with Crippen LogP contribution in [-0.4, -0.2) is 45.2 Å². The van der Waals surface area contributed by atoms with Crippen molar-refractivity contribution < 1.29 is 23.1 Å². The highest BCUT2D eigenvalue weighted by molar-refractivity contribution is 5.76. The number of halogens is 3. The van der Waals surface area contributed by atoms with Gasteiger partial charge in [0, 0.05) is 42.9 Å². The van der Waals surface area contributed by atoms with Gasteiger partial charge in [-0.1, -0.05) is 25.5 Å². The molecule has 1 amide bonds. The van der Waals surface area contributed by atoms with Gasteiger partial charge in [-0.3, -0.25) is 14.2 Å². The lowest BCUT2D eigenvalue weighted by molar-refractivity contribution is -0.137. The Kier molecular flexibility index (Phi) is 8.38. The molecule has 0 aliphatic heterocycles. The van der Waals surface area contributed by atoms with Gasteiger partial charge >= 0.3 is 6.18 Å². The molecule has 31 heavy (non-hydrogen) atoms. The quantitative estimate of drug-likeness (QED) is 0.650. The minimum absolute atomic E-state index is 0.0759. The number of amides is 1. The molecule has 2 rings (SSSR count). The maximum atomic E-state index is 13.1. The molecular formula is C22H28F3N3O3. The molecule has 170 valence electrons. The minimum Gasteiger partial charge on any atom is -0.396 e. The number of unbranched alkanes of at least 4 members (excludes halogenated alkanes) is 1. The van der Waals surface area contributed by atoms with Crippen LogP contribution in [0.25, 0.3) is 11.4 Å². The van der Waals surface area contributed by atoms with Gasteiger partial charge in [0.1, 0.15) is 12.4 Å². The van der Waals surface area contributed by atoms with Gasteiger partial charge in [0.2, 0.25) is 5.91 Å². The minimum atomic E-state index is -4.48. The van der Waals surface area contributed by atoms with Gasteiger partial charge in [-0.2, -0.15) is 13.2 Å². The van der Waals surface area contributed by atoms with Crippen molar-refractivity contribution in [3.05, 3.63) is 51.4 Å². The van der Waals surface area contributed by atoms with Crippen LogP contribution in [-0.2, 0) is 23.9 Å². The van der Waals surface area contributed by atoms with Crippen LogP contribution < -0.4 is 5.56 Å². The fourth-order valence-electron chi connectivity index (χ4n) is 3.32. The number of hydrogen-bond donors (Lipinski definition) is 1. The highest BCUT2D eigenvalue weighted by Crippen LogP contribution is 2.30. The summed E-state index contributed by atoms with van der Waals surface area (Å²) in [6.45, 7) is 5.95. The zero-order chi connectivity index (χ0) is 23.2. The normalized spacial score (nSPS) is 11.6. The second-order valence-corrected chi connectivity index (χ2v) is 7.27. The van der Waals surface area contributed by atoms with Crippen molar-refractivity contribution in [1.29, 1.82) is 0 Å². The summed E-state index contributed by atoms with van der Waals surface area (Å²) in [4.78, 5) is 32.0. The number of benzene rings is 1. The molecular weight excluding hydrogens is 411 g/mol. The first-order chi connectivity index (χ1) is 14.6. The van der Waals surface area contributed by atoms with E-state index in [-0.39, 0.29) is 36.9 Å². The Labute approximate surface area is 179 Å². The standard InChI is InChI=1S/C22H28F3N3O3/c1-4-6-12-27(5-2)19(30)14-28-20(26-15(3)18(11-13-29)21(28)31)16-7-9-17(10-8-16)22(23,24)25/h7-10,29H,4-6,11-14H2,1-3H3. The number of aliphatic hydroxyl groups is 1. The largest absolute Gasteiger partial charge is 0.416 e. The second-order valence-electron chi connectivity index (χ2n) is 7.27. The third-order valence-corrected chi connectivity index (χ3v) is 5.11. The molecule has 1 heterocycles. The van der Waals surface area contributed by atoms with Crippen molar-refractivity contribution in [3.8, 4) is 11.4 Å². The van der Waals surface area contributed by atoms with E-state index in [1.807, 2.05) is 13.8 Å². The van der Waals surface area contributed by atoms with E-state index < -0.39 is 17.3 Å². The number of aromatic nitrogens is 2. The van der Waals surface area contributed by atoms with E-state index >= 15 is 0 Å². The topological polar surface area (TPSA) is 75.4 Å². The lowest BCUT2D eigenvalue weighted by Gasteiger charge is -2.23. The second kappa shape index (κ2) is 10.6. The first kappa shape index (κ1) is 24.6. The first-order valence-corrected chi connectivity index (χ1v) is 10.3. The smallest absolute Gasteiger partial charge is 0.396 e. The van der Waals surface area contributed by atoms with Crippen LogP contribution in [0, 0.1) is 6.92 Å². The molecule has 0 radical (unpaired) electrons. The molecule has 2 aromatic rings. The van der Waals surface area contributed by atoms with Crippen LogP contribution in [0.5, 0.6) is 0 Å². The van der Waals surface area contributed by atoms with E-state index in [0.29, 0.717) is 24.3 Å². The van der Waals surface area contributed by atoms with Crippen molar-refractivity contribution in [2.45, 2.75) is 52.8 Å². The van der Waals surface area contributed by atoms with Gasteiger partial charge in [-0.25, -0.2) is 4.98 Å². The lowest BCUT2D eigenvalue weighted by atomic mass is 10.1. The Balaban J connectivity index is 2.55. The molecule has 0 fully saturated rings. The average Bonchev–Trinajstić information content (AvgIpc) is 2.73. The maximum Gasteiger partial charge on any atom is 0.416 e. The number of carbonyl (C=O) groups is 1. The number of likely N-dealkylation sites (N-methyl/N-ethyl adjacent to an activating group) is 1. The van der Waals surface area contributed by atoms with E-state index in [4.69, 9.17) is 0 Å². The van der Waals surface area contributed by atoms with Gasteiger partial charge in [0.05, 0.1) is 5.56 Å². The summed E-state index contributed by atoms with van der Waals surface area (Å²) in [7, 11) is 0.